The quantitative estimate of drug-likeness (QED) is 0.139. The lowest BCUT2D eigenvalue weighted by Crippen LogP contribution is -2.21. The van der Waals surface area contributed by atoms with Gasteiger partial charge in [-0.05, 0) is 128 Å². The molecular formula is C59H47N. The molecule has 60 heavy (non-hydrogen) atoms. The molecule has 288 valence electrons. The van der Waals surface area contributed by atoms with Crippen molar-refractivity contribution in [2.24, 2.45) is 0 Å². The van der Waals surface area contributed by atoms with E-state index < -0.39 is 0 Å². The minimum absolute atomic E-state index is 0.0482. The van der Waals surface area contributed by atoms with E-state index in [-0.39, 0.29) is 5.41 Å². The fourth-order valence-electron chi connectivity index (χ4n) is 10.5. The monoisotopic (exact) mass is 769 g/mol. The summed E-state index contributed by atoms with van der Waals surface area (Å²) in [5, 5.41) is 2.66. The number of hydrogen-bond donors (Lipinski definition) is 0. The van der Waals surface area contributed by atoms with Crippen molar-refractivity contribution in [2.75, 3.05) is 4.90 Å². The highest BCUT2D eigenvalue weighted by Gasteiger charge is 2.45. The summed E-state index contributed by atoms with van der Waals surface area (Å²) >= 11 is 0. The van der Waals surface area contributed by atoms with Crippen LogP contribution in [0.3, 0.4) is 0 Å². The zero-order valence-electron chi connectivity index (χ0n) is 33.8. The molecular weight excluding hydrogens is 723 g/mol. The van der Waals surface area contributed by atoms with Crippen molar-refractivity contribution in [1.82, 2.24) is 0 Å². The van der Waals surface area contributed by atoms with E-state index in [2.05, 4.69) is 223 Å². The van der Waals surface area contributed by atoms with Gasteiger partial charge in [-0.1, -0.05) is 195 Å². The molecule has 8 aromatic carbocycles. The van der Waals surface area contributed by atoms with Crippen molar-refractivity contribution >= 4 is 40.0 Å². The maximum atomic E-state index is 2.50. The van der Waals surface area contributed by atoms with Gasteiger partial charge in [0.25, 0.3) is 0 Å². The zero-order chi connectivity index (χ0) is 39.9. The molecule has 1 saturated carbocycles. The van der Waals surface area contributed by atoms with Gasteiger partial charge in [-0.15, -0.1) is 0 Å². The average molecular weight is 770 g/mol. The maximum absolute atomic E-state index is 2.50. The molecule has 1 heteroatoms. The van der Waals surface area contributed by atoms with Crippen LogP contribution in [0.2, 0.25) is 0 Å². The Bertz CT molecular complexity index is 2890. The van der Waals surface area contributed by atoms with Gasteiger partial charge in [-0.2, -0.15) is 0 Å². The van der Waals surface area contributed by atoms with E-state index in [1.54, 1.807) is 0 Å². The molecule has 0 amide bonds. The number of nitrogens with zero attached hydrogens (tertiary/aromatic N) is 1. The van der Waals surface area contributed by atoms with E-state index in [0.29, 0.717) is 5.92 Å². The number of benzene rings is 8. The summed E-state index contributed by atoms with van der Waals surface area (Å²) in [4.78, 5) is 2.40. The SMILES string of the molecule is C1=CCC(c2ccc(-c3ccccc3)c3cccc(-c4ccc(/C=C/c5ccc6c(c5)C5(CCCC5)c5cc(N(c7ccccc7)c7ccccc7)ccc5-6)cc4)c23)C=C1. The Kier molecular flexibility index (Phi) is 9.23. The fraction of sp³-hybridized carbons (Fsp3) is 0.119. The second-order valence-electron chi connectivity index (χ2n) is 16.7. The third kappa shape index (κ3) is 6.33. The Morgan fingerprint density at radius 1 is 0.467 bits per heavy atom. The molecule has 0 saturated heterocycles. The largest absolute Gasteiger partial charge is 0.310 e. The van der Waals surface area contributed by atoms with Crippen LogP contribution in [0, 0.1) is 0 Å². The number of rotatable bonds is 8. The van der Waals surface area contributed by atoms with Gasteiger partial charge in [0.2, 0.25) is 0 Å². The minimum atomic E-state index is 0.0482. The van der Waals surface area contributed by atoms with Crippen LogP contribution in [0.15, 0.2) is 206 Å². The molecule has 1 atom stereocenters. The molecule has 1 spiro atoms. The van der Waals surface area contributed by atoms with Gasteiger partial charge in [0.15, 0.2) is 0 Å². The van der Waals surface area contributed by atoms with Crippen molar-refractivity contribution in [3.63, 3.8) is 0 Å². The molecule has 3 aliphatic carbocycles. The van der Waals surface area contributed by atoms with E-state index in [0.717, 1.165) is 6.42 Å². The predicted molar refractivity (Wildman–Crippen MR) is 255 cm³/mol. The van der Waals surface area contributed by atoms with Crippen LogP contribution < -0.4 is 4.90 Å². The van der Waals surface area contributed by atoms with Crippen LogP contribution in [0.5, 0.6) is 0 Å². The third-order valence-electron chi connectivity index (χ3n) is 13.3. The van der Waals surface area contributed by atoms with E-state index in [4.69, 9.17) is 0 Å². The highest BCUT2D eigenvalue weighted by Crippen LogP contribution is 2.58. The summed E-state index contributed by atoms with van der Waals surface area (Å²) in [7, 11) is 0. The Balaban J connectivity index is 0.918. The molecule has 1 fully saturated rings. The first-order chi connectivity index (χ1) is 29.7. The minimum Gasteiger partial charge on any atom is -0.310 e. The van der Waals surface area contributed by atoms with Crippen molar-refractivity contribution < 1.29 is 0 Å². The second kappa shape index (κ2) is 15.3. The number of allylic oxidation sites excluding steroid dienone is 4. The summed E-state index contributed by atoms with van der Waals surface area (Å²) in [5.41, 5.74) is 18.3. The first kappa shape index (κ1) is 36.1. The van der Waals surface area contributed by atoms with Gasteiger partial charge < -0.3 is 4.90 Å². The average Bonchev–Trinajstić information content (AvgIpc) is 3.92. The van der Waals surface area contributed by atoms with Gasteiger partial charge in [0.05, 0.1) is 0 Å². The molecule has 0 aliphatic heterocycles. The highest BCUT2D eigenvalue weighted by atomic mass is 15.1. The van der Waals surface area contributed by atoms with Crippen LogP contribution in [0.4, 0.5) is 17.1 Å². The predicted octanol–water partition coefficient (Wildman–Crippen LogP) is 16.3. The van der Waals surface area contributed by atoms with Gasteiger partial charge in [0, 0.05) is 28.4 Å². The third-order valence-corrected chi connectivity index (χ3v) is 13.3. The normalized spacial score (nSPS) is 16.1. The number of para-hydroxylation sites is 2. The molecule has 8 aromatic rings. The van der Waals surface area contributed by atoms with Crippen molar-refractivity contribution in [2.45, 2.75) is 43.4 Å². The van der Waals surface area contributed by atoms with Crippen LogP contribution >= 0.6 is 0 Å². The van der Waals surface area contributed by atoms with Crippen molar-refractivity contribution in [3.05, 3.63) is 234 Å². The molecule has 3 aliphatic rings. The lowest BCUT2D eigenvalue weighted by atomic mass is 9.76. The van der Waals surface area contributed by atoms with Crippen LogP contribution in [0.25, 0.3) is 56.3 Å². The van der Waals surface area contributed by atoms with Crippen molar-refractivity contribution in [3.8, 4) is 33.4 Å². The van der Waals surface area contributed by atoms with E-state index >= 15 is 0 Å². The molecule has 0 radical (unpaired) electrons. The lowest BCUT2D eigenvalue weighted by Gasteiger charge is -2.30. The summed E-state index contributed by atoms with van der Waals surface area (Å²) in [6.45, 7) is 0. The summed E-state index contributed by atoms with van der Waals surface area (Å²) in [6.07, 6.45) is 19.5. The lowest BCUT2D eigenvalue weighted by molar-refractivity contribution is 0.550. The topological polar surface area (TPSA) is 3.24 Å². The first-order valence-corrected chi connectivity index (χ1v) is 21.7. The highest BCUT2D eigenvalue weighted by molar-refractivity contribution is 6.06. The van der Waals surface area contributed by atoms with E-state index in [1.807, 2.05) is 0 Å². The maximum Gasteiger partial charge on any atom is 0.0465 e. The van der Waals surface area contributed by atoms with Gasteiger partial charge in [0.1, 0.15) is 0 Å². The Labute approximate surface area is 354 Å². The molecule has 0 aromatic heterocycles. The summed E-state index contributed by atoms with van der Waals surface area (Å²) < 4.78 is 0. The number of hydrogen-bond acceptors (Lipinski definition) is 1. The molecule has 1 nitrogen and oxygen atoms in total. The molecule has 1 unspecified atom stereocenters. The van der Waals surface area contributed by atoms with E-state index in [9.17, 15) is 0 Å². The standard InChI is InChI=1S/C59H47N/c1-5-16-44(17-6-1)50-36-37-52(45-18-7-2-8-19-45)58-51(24-15-25-55(50)58)46-31-28-42(29-32-46)26-27-43-30-34-53-54-35-33-49(41-57(54)59(56(53)40-43)38-13-14-39-59)60(47-20-9-3-10-21-47)48-22-11-4-12-23-48/h1-12,15-18,20-37,40-41,45H,13-14,19,38-39H2/b27-26+. The number of fused-ring (bicyclic) bond motifs is 6. The molecule has 0 N–H and O–H groups in total. The van der Waals surface area contributed by atoms with E-state index in [1.165, 1.54) is 115 Å². The molecule has 0 heterocycles. The van der Waals surface area contributed by atoms with Gasteiger partial charge in [-0.3, -0.25) is 0 Å². The summed E-state index contributed by atoms with van der Waals surface area (Å²) in [6, 6.07) is 67.5. The number of anilines is 3. The first-order valence-electron chi connectivity index (χ1n) is 21.7. The summed E-state index contributed by atoms with van der Waals surface area (Å²) in [5.74, 6) is 0.356. The molecule has 11 rings (SSSR count). The fourth-order valence-corrected chi connectivity index (χ4v) is 10.5. The smallest absolute Gasteiger partial charge is 0.0465 e. The van der Waals surface area contributed by atoms with Crippen LogP contribution in [0.1, 0.15) is 65.8 Å². The van der Waals surface area contributed by atoms with Crippen molar-refractivity contribution in [1.29, 1.82) is 0 Å². The van der Waals surface area contributed by atoms with Gasteiger partial charge in [-0.25, -0.2) is 0 Å². The van der Waals surface area contributed by atoms with Crippen LogP contribution in [-0.2, 0) is 5.41 Å². The second-order valence-corrected chi connectivity index (χ2v) is 16.7. The Morgan fingerprint density at radius 3 is 1.78 bits per heavy atom. The van der Waals surface area contributed by atoms with Crippen LogP contribution in [-0.4, -0.2) is 0 Å². The zero-order valence-corrected chi connectivity index (χ0v) is 33.8. The molecule has 0 bridgehead atoms. The Hall–Kier alpha value is -6.96. The Morgan fingerprint density at radius 2 is 1.08 bits per heavy atom. The van der Waals surface area contributed by atoms with Gasteiger partial charge >= 0.3 is 0 Å².